The van der Waals surface area contributed by atoms with Crippen LogP contribution in [0.3, 0.4) is 0 Å². The van der Waals surface area contributed by atoms with Crippen molar-refractivity contribution >= 4 is 11.0 Å². The van der Waals surface area contributed by atoms with Gasteiger partial charge in [0.2, 0.25) is 0 Å². The van der Waals surface area contributed by atoms with E-state index in [4.69, 9.17) is 4.42 Å². The molecule has 1 unspecified atom stereocenters. The number of aliphatic hydroxyl groups excluding tert-OH is 1. The van der Waals surface area contributed by atoms with E-state index in [-0.39, 0.29) is 0 Å². The number of para-hydroxylation sites is 1. The Labute approximate surface area is 112 Å². The van der Waals surface area contributed by atoms with Gasteiger partial charge >= 0.3 is 0 Å². The number of aryl methyl sites for hydroxylation is 1. The molecule has 0 amide bonds. The van der Waals surface area contributed by atoms with Crippen LogP contribution in [-0.2, 0) is 6.42 Å². The molecule has 0 bridgehead atoms. The molecule has 1 aromatic heterocycles. The summed E-state index contributed by atoms with van der Waals surface area (Å²) in [6.07, 6.45) is 1.72. The highest BCUT2D eigenvalue weighted by Gasteiger charge is 2.14. The lowest BCUT2D eigenvalue weighted by Crippen LogP contribution is -2.00. The first-order valence-corrected chi connectivity index (χ1v) is 6.44. The van der Waals surface area contributed by atoms with Gasteiger partial charge in [0.05, 0.1) is 12.4 Å². The van der Waals surface area contributed by atoms with Crippen molar-refractivity contribution in [1.29, 1.82) is 0 Å². The fourth-order valence-electron chi connectivity index (χ4n) is 2.31. The molecule has 0 fully saturated rings. The van der Waals surface area contributed by atoms with Crippen molar-refractivity contribution in [3.8, 4) is 0 Å². The van der Waals surface area contributed by atoms with Crippen LogP contribution in [0.2, 0.25) is 0 Å². The van der Waals surface area contributed by atoms with E-state index in [1.807, 2.05) is 24.3 Å². The minimum Gasteiger partial charge on any atom is -0.464 e. The molecular weight excluding hydrogens is 236 g/mol. The predicted molar refractivity (Wildman–Crippen MR) is 76.1 cm³/mol. The summed E-state index contributed by atoms with van der Waals surface area (Å²) in [5, 5.41) is 11.4. The van der Waals surface area contributed by atoms with Gasteiger partial charge in [-0.15, -0.1) is 0 Å². The second kappa shape index (κ2) is 4.90. The van der Waals surface area contributed by atoms with Crippen LogP contribution in [0.15, 0.2) is 59.2 Å². The summed E-state index contributed by atoms with van der Waals surface area (Å²) in [5.41, 5.74) is 4.03. The van der Waals surface area contributed by atoms with Crippen molar-refractivity contribution in [2.75, 3.05) is 0 Å². The molecule has 1 N–H and O–H groups in total. The average molecular weight is 252 g/mol. The average Bonchev–Trinajstić information content (AvgIpc) is 2.85. The molecule has 0 aliphatic rings. The van der Waals surface area contributed by atoms with Crippen molar-refractivity contribution in [3.63, 3.8) is 0 Å². The summed E-state index contributed by atoms with van der Waals surface area (Å²) in [5.74, 6) is 0. The zero-order chi connectivity index (χ0) is 13.2. The summed E-state index contributed by atoms with van der Waals surface area (Å²) in [4.78, 5) is 0. The van der Waals surface area contributed by atoms with Gasteiger partial charge in [0.25, 0.3) is 0 Å². The maximum absolute atomic E-state index is 10.4. The van der Waals surface area contributed by atoms with Crippen LogP contribution >= 0.6 is 0 Å². The van der Waals surface area contributed by atoms with Gasteiger partial charge in [0, 0.05) is 17.4 Å². The van der Waals surface area contributed by atoms with Crippen molar-refractivity contribution in [1.82, 2.24) is 0 Å². The molecule has 1 heterocycles. The fourth-order valence-corrected chi connectivity index (χ4v) is 2.31. The van der Waals surface area contributed by atoms with E-state index in [1.165, 1.54) is 5.56 Å². The van der Waals surface area contributed by atoms with Crippen molar-refractivity contribution in [2.24, 2.45) is 0 Å². The first-order valence-electron chi connectivity index (χ1n) is 6.44. The van der Waals surface area contributed by atoms with E-state index >= 15 is 0 Å². The Hall–Kier alpha value is -2.06. The van der Waals surface area contributed by atoms with Gasteiger partial charge < -0.3 is 9.52 Å². The number of hydrogen-bond donors (Lipinski definition) is 1. The lowest BCUT2D eigenvalue weighted by atomic mass is 10.0. The molecular formula is C17H16O2. The molecule has 0 radical (unpaired) electrons. The van der Waals surface area contributed by atoms with Crippen LogP contribution in [0.1, 0.15) is 22.8 Å². The molecule has 3 aromatic rings. The van der Waals surface area contributed by atoms with Crippen LogP contribution in [0.5, 0.6) is 0 Å². The largest absolute Gasteiger partial charge is 0.464 e. The molecule has 96 valence electrons. The van der Waals surface area contributed by atoms with Gasteiger partial charge in [-0.25, -0.2) is 0 Å². The molecule has 3 rings (SSSR count). The zero-order valence-electron chi connectivity index (χ0n) is 10.8. The second-order valence-corrected chi connectivity index (χ2v) is 4.89. The third-order valence-corrected chi connectivity index (χ3v) is 3.42. The number of furan rings is 1. The maximum Gasteiger partial charge on any atom is 0.134 e. The summed E-state index contributed by atoms with van der Waals surface area (Å²) >= 11 is 0. The molecule has 0 aliphatic heterocycles. The maximum atomic E-state index is 10.4. The van der Waals surface area contributed by atoms with Crippen LogP contribution in [-0.4, -0.2) is 5.11 Å². The van der Waals surface area contributed by atoms with Gasteiger partial charge in [-0.1, -0.05) is 48.0 Å². The Balaban J connectivity index is 1.87. The molecule has 2 nitrogen and oxygen atoms in total. The fraction of sp³-hybridized carbons (Fsp3) is 0.176. The molecule has 1 atom stereocenters. The zero-order valence-corrected chi connectivity index (χ0v) is 10.8. The number of benzene rings is 2. The van der Waals surface area contributed by atoms with Crippen LogP contribution in [0.4, 0.5) is 0 Å². The van der Waals surface area contributed by atoms with E-state index in [0.29, 0.717) is 6.42 Å². The molecule has 0 saturated heterocycles. The summed E-state index contributed by atoms with van der Waals surface area (Å²) in [6.45, 7) is 2.06. The van der Waals surface area contributed by atoms with Gasteiger partial charge in [0.1, 0.15) is 5.58 Å². The monoisotopic (exact) mass is 252 g/mol. The normalized spacial score (nSPS) is 12.7. The lowest BCUT2D eigenvalue weighted by Gasteiger charge is -2.09. The van der Waals surface area contributed by atoms with Gasteiger partial charge in [-0.2, -0.15) is 0 Å². The Bertz CT molecular complexity index is 680. The first-order chi connectivity index (χ1) is 9.24. The molecule has 0 aliphatic carbocycles. The number of hydrogen-bond acceptors (Lipinski definition) is 2. The standard InChI is InChI=1S/C17H16O2/c1-12-6-8-13(9-7-12)10-16(18)15-11-19-17-5-3-2-4-14(15)17/h2-9,11,16,18H,10H2,1H3. The van der Waals surface area contributed by atoms with E-state index in [1.54, 1.807) is 6.26 Å². The summed E-state index contributed by atoms with van der Waals surface area (Å²) < 4.78 is 5.47. The van der Waals surface area contributed by atoms with Crippen molar-refractivity contribution in [2.45, 2.75) is 19.4 Å². The molecule has 0 spiro atoms. The lowest BCUT2D eigenvalue weighted by molar-refractivity contribution is 0.179. The van der Waals surface area contributed by atoms with E-state index < -0.39 is 6.10 Å². The predicted octanol–water partition coefficient (Wildman–Crippen LogP) is 4.02. The van der Waals surface area contributed by atoms with Gasteiger partial charge in [-0.3, -0.25) is 0 Å². The SMILES string of the molecule is Cc1ccc(CC(O)c2coc3ccccc23)cc1. The van der Waals surface area contributed by atoms with E-state index in [0.717, 1.165) is 22.1 Å². The van der Waals surface area contributed by atoms with Crippen LogP contribution in [0.25, 0.3) is 11.0 Å². The van der Waals surface area contributed by atoms with E-state index in [9.17, 15) is 5.11 Å². The third-order valence-electron chi connectivity index (χ3n) is 3.42. The highest BCUT2D eigenvalue weighted by atomic mass is 16.3. The highest BCUT2D eigenvalue weighted by Crippen LogP contribution is 2.28. The second-order valence-electron chi connectivity index (χ2n) is 4.89. The van der Waals surface area contributed by atoms with Crippen molar-refractivity contribution in [3.05, 3.63) is 71.5 Å². The summed E-state index contributed by atoms with van der Waals surface area (Å²) in [7, 11) is 0. The smallest absolute Gasteiger partial charge is 0.134 e. The van der Waals surface area contributed by atoms with Gasteiger partial charge in [0.15, 0.2) is 0 Å². The minimum absolute atomic E-state index is 0.536. The first kappa shape index (κ1) is 12.0. The third kappa shape index (κ3) is 2.40. The molecule has 2 aromatic carbocycles. The minimum atomic E-state index is -0.536. The van der Waals surface area contributed by atoms with Crippen molar-refractivity contribution < 1.29 is 9.52 Å². The van der Waals surface area contributed by atoms with Crippen LogP contribution < -0.4 is 0 Å². The molecule has 0 saturated carbocycles. The van der Waals surface area contributed by atoms with Crippen LogP contribution in [0, 0.1) is 6.92 Å². The topological polar surface area (TPSA) is 33.4 Å². The van der Waals surface area contributed by atoms with Gasteiger partial charge in [-0.05, 0) is 18.6 Å². The Morgan fingerprint density at radius 1 is 1.05 bits per heavy atom. The Morgan fingerprint density at radius 2 is 1.79 bits per heavy atom. The number of rotatable bonds is 3. The van der Waals surface area contributed by atoms with E-state index in [2.05, 4.69) is 31.2 Å². The Morgan fingerprint density at radius 3 is 2.58 bits per heavy atom. The quantitative estimate of drug-likeness (QED) is 0.763. The molecule has 2 heteroatoms. The molecule has 19 heavy (non-hydrogen) atoms. The Kier molecular flexibility index (Phi) is 3.10. The highest BCUT2D eigenvalue weighted by molar-refractivity contribution is 5.81. The summed E-state index contributed by atoms with van der Waals surface area (Å²) in [6, 6.07) is 16.0. The number of aliphatic hydroxyl groups is 1. The number of fused-ring (bicyclic) bond motifs is 1.